The number of benzene rings is 2. The summed E-state index contributed by atoms with van der Waals surface area (Å²) in [7, 11) is 0. The molecule has 1 aliphatic carbocycles. The van der Waals surface area contributed by atoms with E-state index in [1.54, 1.807) is 0 Å². The Labute approximate surface area is 140 Å². The fourth-order valence-electron chi connectivity index (χ4n) is 3.30. The normalized spacial score (nSPS) is 15.5. The zero-order valence-electron chi connectivity index (χ0n) is 13.1. The van der Waals surface area contributed by atoms with Crippen LogP contribution in [0.15, 0.2) is 60.0 Å². The Hall–Kier alpha value is -2.13. The SMILES string of the molecule is C[C@@H](c1cccc2ccccc12)N(C(=O)c1cccs1)C1CC1. The lowest BCUT2D eigenvalue weighted by Crippen LogP contribution is -2.35. The summed E-state index contributed by atoms with van der Waals surface area (Å²) in [6, 6.07) is 19.2. The van der Waals surface area contributed by atoms with Crippen molar-refractivity contribution in [2.45, 2.75) is 31.8 Å². The third-order valence-electron chi connectivity index (χ3n) is 4.60. The number of carbonyl (C=O) groups excluding carboxylic acids is 1. The third kappa shape index (κ3) is 2.66. The highest BCUT2D eigenvalue weighted by Gasteiger charge is 2.37. The van der Waals surface area contributed by atoms with E-state index in [4.69, 9.17) is 0 Å². The first kappa shape index (κ1) is 14.5. The Bertz CT molecular complexity index is 830. The van der Waals surface area contributed by atoms with Gasteiger partial charge in [-0.3, -0.25) is 4.79 Å². The standard InChI is InChI=1S/C20H19NOS/c1-14(17-9-4-7-15-6-2-3-8-18(15)17)21(16-11-12-16)20(22)19-10-5-13-23-19/h2-10,13-14,16H,11-12H2,1H3/t14-/m0/s1. The average molecular weight is 321 g/mol. The van der Waals surface area contributed by atoms with Gasteiger partial charge in [0.05, 0.1) is 10.9 Å². The number of amides is 1. The van der Waals surface area contributed by atoms with Crippen molar-refractivity contribution in [3.05, 3.63) is 70.4 Å². The Morgan fingerprint density at radius 1 is 1.09 bits per heavy atom. The second kappa shape index (κ2) is 5.82. The molecule has 1 heterocycles. The van der Waals surface area contributed by atoms with E-state index in [9.17, 15) is 4.79 Å². The Morgan fingerprint density at radius 2 is 1.87 bits per heavy atom. The van der Waals surface area contributed by atoms with Gasteiger partial charge in [-0.1, -0.05) is 48.5 Å². The molecule has 0 saturated heterocycles. The lowest BCUT2D eigenvalue weighted by Gasteiger charge is -2.30. The van der Waals surface area contributed by atoms with Crippen molar-refractivity contribution < 1.29 is 4.79 Å². The van der Waals surface area contributed by atoms with Crippen LogP contribution < -0.4 is 0 Å². The minimum atomic E-state index is 0.0863. The van der Waals surface area contributed by atoms with Crippen LogP contribution in [0.3, 0.4) is 0 Å². The summed E-state index contributed by atoms with van der Waals surface area (Å²) >= 11 is 1.53. The van der Waals surface area contributed by atoms with Crippen molar-refractivity contribution >= 4 is 28.0 Å². The molecule has 1 aliphatic rings. The molecule has 2 nitrogen and oxygen atoms in total. The fraction of sp³-hybridized carbons (Fsp3) is 0.250. The highest BCUT2D eigenvalue weighted by Crippen LogP contribution is 2.38. The predicted octanol–water partition coefficient (Wildman–Crippen LogP) is 5.27. The maximum Gasteiger partial charge on any atom is 0.264 e. The molecule has 3 aromatic rings. The van der Waals surface area contributed by atoms with E-state index < -0.39 is 0 Å². The summed E-state index contributed by atoms with van der Waals surface area (Å²) in [4.78, 5) is 15.9. The summed E-state index contributed by atoms with van der Waals surface area (Å²) < 4.78 is 0. The van der Waals surface area contributed by atoms with Gasteiger partial charge >= 0.3 is 0 Å². The summed E-state index contributed by atoms with van der Waals surface area (Å²) in [5.74, 6) is 0.169. The van der Waals surface area contributed by atoms with E-state index in [1.807, 2.05) is 17.5 Å². The van der Waals surface area contributed by atoms with Gasteiger partial charge in [-0.05, 0) is 47.5 Å². The van der Waals surface area contributed by atoms with E-state index in [0.717, 1.165) is 17.7 Å². The number of nitrogens with zero attached hydrogens (tertiary/aromatic N) is 1. The van der Waals surface area contributed by atoms with Crippen molar-refractivity contribution in [3.63, 3.8) is 0 Å². The molecular formula is C20H19NOS. The van der Waals surface area contributed by atoms with Crippen molar-refractivity contribution in [3.8, 4) is 0 Å². The molecular weight excluding hydrogens is 302 g/mol. The number of fused-ring (bicyclic) bond motifs is 1. The molecule has 1 fully saturated rings. The second-order valence-electron chi connectivity index (χ2n) is 6.17. The molecule has 2 aromatic carbocycles. The van der Waals surface area contributed by atoms with Crippen molar-refractivity contribution in [2.75, 3.05) is 0 Å². The van der Waals surface area contributed by atoms with E-state index in [-0.39, 0.29) is 11.9 Å². The number of thiophene rings is 1. The lowest BCUT2D eigenvalue weighted by molar-refractivity contribution is 0.0680. The first-order chi connectivity index (χ1) is 11.3. The minimum absolute atomic E-state index is 0.0863. The molecule has 1 amide bonds. The second-order valence-corrected chi connectivity index (χ2v) is 7.11. The molecule has 1 aromatic heterocycles. The molecule has 4 rings (SSSR count). The van der Waals surface area contributed by atoms with Gasteiger partial charge in [0.25, 0.3) is 5.91 Å². The molecule has 0 N–H and O–H groups in total. The first-order valence-electron chi connectivity index (χ1n) is 8.09. The van der Waals surface area contributed by atoms with Crippen LogP contribution in [-0.4, -0.2) is 16.8 Å². The average Bonchev–Trinajstić information content (AvgIpc) is 3.26. The summed E-state index contributed by atoms with van der Waals surface area (Å²) in [5.41, 5.74) is 1.24. The van der Waals surface area contributed by atoms with E-state index >= 15 is 0 Å². The predicted molar refractivity (Wildman–Crippen MR) is 95.9 cm³/mol. The Balaban J connectivity index is 1.75. The molecule has 3 heteroatoms. The van der Waals surface area contributed by atoms with Crippen LogP contribution in [0.2, 0.25) is 0 Å². The van der Waals surface area contributed by atoms with Crippen molar-refractivity contribution in [1.82, 2.24) is 4.90 Å². The Morgan fingerprint density at radius 3 is 2.61 bits per heavy atom. The minimum Gasteiger partial charge on any atom is -0.328 e. The third-order valence-corrected chi connectivity index (χ3v) is 5.46. The fourth-order valence-corrected chi connectivity index (χ4v) is 3.97. The number of hydrogen-bond donors (Lipinski definition) is 0. The highest BCUT2D eigenvalue weighted by atomic mass is 32.1. The maximum absolute atomic E-state index is 13.0. The van der Waals surface area contributed by atoms with Crippen molar-refractivity contribution in [1.29, 1.82) is 0 Å². The van der Waals surface area contributed by atoms with Crippen LogP contribution in [0.25, 0.3) is 10.8 Å². The smallest absolute Gasteiger partial charge is 0.264 e. The molecule has 1 atom stereocenters. The van der Waals surface area contributed by atoms with Crippen LogP contribution >= 0.6 is 11.3 Å². The molecule has 0 spiro atoms. The molecule has 1 saturated carbocycles. The van der Waals surface area contributed by atoms with E-state index in [2.05, 4.69) is 54.3 Å². The van der Waals surface area contributed by atoms with Gasteiger partial charge < -0.3 is 4.90 Å². The van der Waals surface area contributed by atoms with Gasteiger partial charge in [-0.15, -0.1) is 11.3 Å². The van der Waals surface area contributed by atoms with E-state index in [1.165, 1.54) is 27.7 Å². The number of rotatable bonds is 4. The Kier molecular flexibility index (Phi) is 3.66. The summed E-state index contributed by atoms with van der Waals surface area (Å²) in [6.45, 7) is 2.16. The van der Waals surface area contributed by atoms with Crippen LogP contribution in [0.5, 0.6) is 0 Å². The number of hydrogen-bond acceptors (Lipinski definition) is 2. The van der Waals surface area contributed by atoms with Gasteiger partial charge in [0.1, 0.15) is 0 Å². The topological polar surface area (TPSA) is 20.3 Å². The van der Waals surface area contributed by atoms with Gasteiger partial charge in [-0.2, -0.15) is 0 Å². The van der Waals surface area contributed by atoms with Crippen LogP contribution in [0.1, 0.15) is 41.0 Å². The largest absolute Gasteiger partial charge is 0.328 e. The summed E-state index contributed by atoms with van der Waals surface area (Å²) in [6.07, 6.45) is 2.23. The zero-order valence-corrected chi connectivity index (χ0v) is 13.9. The van der Waals surface area contributed by atoms with Gasteiger partial charge in [-0.25, -0.2) is 0 Å². The van der Waals surface area contributed by atoms with Crippen LogP contribution in [0, 0.1) is 0 Å². The van der Waals surface area contributed by atoms with E-state index in [0.29, 0.717) is 6.04 Å². The molecule has 116 valence electrons. The molecule has 0 aliphatic heterocycles. The van der Waals surface area contributed by atoms with Crippen molar-refractivity contribution in [2.24, 2.45) is 0 Å². The van der Waals surface area contributed by atoms with Gasteiger partial charge in [0.2, 0.25) is 0 Å². The summed E-state index contributed by atoms with van der Waals surface area (Å²) in [5, 5.41) is 4.45. The van der Waals surface area contributed by atoms with Crippen LogP contribution in [0.4, 0.5) is 0 Å². The maximum atomic E-state index is 13.0. The lowest BCUT2D eigenvalue weighted by atomic mass is 9.98. The zero-order chi connectivity index (χ0) is 15.8. The molecule has 0 unspecified atom stereocenters. The molecule has 23 heavy (non-hydrogen) atoms. The highest BCUT2D eigenvalue weighted by molar-refractivity contribution is 7.12. The first-order valence-corrected chi connectivity index (χ1v) is 8.97. The monoisotopic (exact) mass is 321 g/mol. The van der Waals surface area contributed by atoms with Gasteiger partial charge in [0.15, 0.2) is 0 Å². The van der Waals surface area contributed by atoms with Gasteiger partial charge in [0, 0.05) is 6.04 Å². The van der Waals surface area contributed by atoms with Crippen LogP contribution in [-0.2, 0) is 0 Å². The molecule has 0 radical (unpaired) electrons. The molecule has 0 bridgehead atoms. The quantitative estimate of drug-likeness (QED) is 0.641. The number of carbonyl (C=O) groups is 1.